The normalized spacial score (nSPS) is 12.2. The van der Waals surface area contributed by atoms with E-state index < -0.39 is 6.10 Å². The van der Waals surface area contributed by atoms with E-state index in [0.29, 0.717) is 11.5 Å². The van der Waals surface area contributed by atoms with Crippen LogP contribution in [0.4, 0.5) is 5.69 Å². The number of para-hydroxylation sites is 1. The molecule has 1 amide bonds. The lowest BCUT2D eigenvalue weighted by Gasteiger charge is -2.27. The Morgan fingerprint density at radius 2 is 1.61 bits per heavy atom. The van der Waals surface area contributed by atoms with E-state index in [1.165, 1.54) is 11.8 Å². The van der Waals surface area contributed by atoms with Gasteiger partial charge in [-0.1, -0.05) is 48.5 Å². The van der Waals surface area contributed by atoms with E-state index in [1.54, 1.807) is 0 Å². The lowest BCUT2D eigenvalue weighted by molar-refractivity contribution is -0.116. The second-order valence-electron chi connectivity index (χ2n) is 5.63. The van der Waals surface area contributed by atoms with Crippen LogP contribution in [0.15, 0.2) is 60.7 Å². The van der Waals surface area contributed by atoms with Gasteiger partial charge in [-0.3, -0.25) is 4.79 Å². The molecule has 1 atom stereocenters. The van der Waals surface area contributed by atoms with Crippen LogP contribution < -0.4 is 4.90 Å². The van der Waals surface area contributed by atoms with Crippen molar-refractivity contribution in [2.45, 2.75) is 26.0 Å². The fraction of sp³-hybridized carbons (Fsp3) is 0.316. The fourth-order valence-electron chi connectivity index (χ4n) is 2.42. The molecule has 0 saturated carbocycles. The molecule has 0 aliphatic rings. The van der Waals surface area contributed by atoms with Crippen molar-refractivity contribution in [1.82, 2.24) is 0 Å². The number of benzene rings is 2. The number of amides is 1. The third-order valence-electron chi connectivity index (χ3n) is 3.51. The summed E-state index contributed by atoms with van der Waals surface area (Å²) in [4.78, 5) is 14.3. The predicted octanol–water partition coefficient (Wildman–Crippen LogP) is 3.89. The molecule has 0 heterocycles. The Morgan fingerprint density at radius 3 is 2.17 bits per heavy atom. The van der Waals surface area contributed by atoms with Crippen LogP contribution in [0.5, 0.6) is 0 Å². The molecule has 2 aromatic carbocycles. The Bertz CT molecular complexity index is 601. The SMILES string of the molecule is CC(C)N(C(=O)CSCC(O)c1ccccc1)c1ccccc1. The highest BCUT2D eigenvalue weighted by molar-refractivity contribution is 8.00. The van der Waals surface area contributed by atoms with Crippen molar-refractivity contribution in [2.75, 3.05) is 16.4 Å². The molecule has 1 unspecified atom stereocenters. The predicted molar refractivity (Wildman–Crippen MR) is 97.8 cm³/mol. The minimum Gasteiger partial charge on any atom is -0.388 e. The number of anilines is 1. The second-order valence-corrected chi connectivity index (χ2v) is 6.66. The summed E-state index contributed by atoms with van der Waals surface area (Å²) in [5.74, 6) is 0.935. The van der Waals surface area contributed by atoms with Gasteiger partial charge in [-0.25, -0.2) is 0 Å². The van der Waals surface area contributed by atoms with Gasteiger partial charge in [-0.15, -0.1) is 11.8 Å². The van der Waals surface area contributed by atoms with Gasteiger partial charge in [0.05, 0.1) is 11.9 Å². The molecule has 3 nitrogen and oxygen atoms in total. The van der Waals surface area contributed by atoms with Gasteiger partial charge in [0.25, 0.3) is 0 Å². The zero-order chi connectivity index (χ0) is 16.7. The highest BCUT2D eigenvalue weighted by atomic mass is 32.2. The largest absolute Gasteiger partial charge is 0.388 e. The average molecular weight is 329 g/mol. The summed E-state index contributed by atoms with van der Waals surface area (Å²) >= 11 is 1.46. The van der Waals surface area contributed by atoms with Crippen LogP contribution in [-0.4, -0.2) is 28.6 Å². The van der Waals surface area contributed by atoms with E-state index in [4.69, 9.17) is 0 Å². The van der Waals surface area contributed by atoms with Crippen LogP contribution in [-0.2, 0) is 4.79 Å². The molecular weight excluding hydrogens is 306 g/mol. The quantitative estimate of drug-likeness (QED) is 0.837. The number of carbonyl (C=O) groups is 1. The number of hydrogen-bond donors (Lipinski definition) is 1. The van der Waals surface area contributed by atoms with Crippen LogP contribution in [0.3, 0.4) is 0 Å². The molecule has 122 valence electrons. The topological polar surface area (TPSA) is 40.5 Å². The lowest BCUT2D eigenvalue weighted by atomic mass is 10.1. The van der Waals surface area contributed by atoms with Gasteiger partial charge >= 0.3 is 0 Å². The molecule has 0 fully saturated rings. The highest BCUT2D eigenvalue weighted by Crippen LogP contribution is 2.21. The molecule has 0 radical (unpaired) electrons. The van der Waals surface area contributed by atoms with Crippen LogP contribution in [0, 0.1) is 0 Å². The molecule has 0 aromatic heterocycles. The molecule has 0 saturated heterocycles. The van der Waals surface area contributed by atoms with Crippen LogP contribution in [0.1, 0.15) is 25.5 Å². The highest BCUT2D eigenvalue weighted by Gasteiger charge is 2.19. The van der Waals surface area contributed by atoms with Crippen molar-refractivity contribution in [1.29, 1.82) is 0 Å². The standard InChI is InChI=1S/C19H23NO2S/c1-15(2)20(17-11-7-4-8-12-17)19(22)14-23-13-18(21)16-9-5-3-6-10-16/h3-12,15,18,21H,13-14H2,1-2H3. The number of nitrogens with zero attached hydrogens (tertiary/aromatic N) is 1. The lowest BCUT2D eigenvalue weighted by Crippen LogP contribution is -2.38. The Balaban J connectivity index is 1.90. The third kappa shape index (κ3) is 5.12. The van der Waals surface area contributed by atoms with Crippen molar-refractivity contribution in [3.63, 3.8) is 0 Å². The van der Waals surface area contributed by atoms with Gasteiger partial charge in [-0.05, 0) is 31.5 Å². The monoisotopic (exact) mass is 329 g/mol. The van der Waals surface area contributed by atoms with Gasteiger partial charge < -0.3 is 10.0 Å². The van der Waals surface area contributed by atoms with Crippen molar-refractivity contribution in [2.24, 2.45) is 0 Å². The molecular formula is C19H23NO2S. The minimum atomic E-state index is -0.543. The molecule has 23 heavy (non-hydrogen) atoms. The van der Waals surface area contributed by atoms with E-state index in [-0.39, 0.29) is 11.9 Å². The zero-order valence-electron chi connectivity index (χ0n) is 13.6. The van der Waals surface area contributed by atoms with Crippen molar-refractivity contribution < 1.29 is 9.90 Å². The molecule has 0 aliphatic heterocycles. The second kappa shape index (κ2) is 8.75. The first-order valence-electron chi connectivity index (χ1n) is 7.77. The van der Waals surface area contributed by atoms with E-state index in [1.807, 2.05) is 79.4 Å². The Hall–Kier alpha value is -1.78. The maximum Gasteiger partial charge on any atom is 0.237 e. The molecule has 0 spiro atoms. The first-order valence-corrected chi connectivity index (χ1v) is 8.93. The Morgan fingerprint density at radius 1 is 1.04 bits per heavy atom. The van der Waals surface area contributed by atoms with Gasteiger partial charge in [0.1, 0.15) is 0 Å². The molecule has 4 heteroatoms. The Labute approximate surface area is 142 Å². The smallest absolute Gasteiger partial charge is 0.237 e. The number of aliphatic hydroxyl groups is 1. The summed E-state index contributed by atoms with van der Waals surface area (Å²) in [6.07, 6.45) is -0.543. The van der Waals surface area contributed by atoms with Gasteiger partial charge in [0, 0.05) is 17.5 Å². The van der Waals surface area contributed by atoms with Crippen molar-refractivity contribution >= 4 is 23.4 Å². The molecule has 2 aromatic rings. The van der Waals surface area contributed by atoms with Gasteiger partial charge in [-0.2, -0.15) is 0 Å². The molecule has 1 N–H and O–H groups in total. The summed E-state index contributed by atoms with van der Waals surface area (Å²) in [5, 5.41) is 10.2. The maximum atomic E-state index is 12.5. The van der Waals surface area contributed by atoms with Crippen molar-refractivity contribution in [3.8, 4) is 0 Å². The van der Waals surface area contributed by atoms with Gasteiger partial charge in [0.15, 0.2) is 0 Å². The van der Waals surface area contributed by atoms with Crippen LogP contribution in [0.25, 0.3) is 0 Å². The minimum absolute atomic E-state index is 0.0662. The molecule has 0 bridgehead atoms. The summed E-state index contributed by atoms with van der Waals surface area (Å²) in [7, 11) is 0. The van der Waals surface area contributed by atoms with Crippen LogP contribution in [0.2, 0.25) is 0 Å². The van der Waals surface area contributed by atoms with Crippen LogP contribution >= 0.6 is 11.8 Å². The van der Waals surface area contributed by atoms with E-state index >= 15 is 0 Å². The third-order valence-corrected chi connectivity index (χ3v) is 4.51. The number of rotatable bonds is 7. The first kappa shape index (κ1) is 17.6. The number of hydrogen-bond acceptors (Lipinski definition) is 3. The number of carbonyl (C=O) groups excluding carboxylic acids is 1. The maximum absolute atomic E-state index is 12.5. The molecule has 0 aliphatic carbocycles. The fourth-order valence-corrected chi connectivity index (χ4v) is 3.26. The summed E-state index contributed by atoms with van der Waals surface area (Å²) in [5.41, 5.74) is 1.80. The van der Waals surface area contributed by atoms with Crippen molar-refractivity contribution in [3.05, 3.63) is 66.2 Å². The number of aliphatic hydroxyl groups excluding tert-OH is 1. The number of thioether (sulfide) groups is 1. The van der Waals surface area contributed by atoms with E-state index in [9.17, 15) is 9.90 Å². The summed E-state index contributed by atoms with van der Waals surface area (Å²) in [6, 6.07) is 19.3. The van der Waals surface area contributed by atoms with Gasteiger partial charge in [0.2, 0.25) is 5.91 Å². The zero-order valence-corrected chi connectivity index (χ0v) is 14.4. The summed E-state index contributed by atoms with van der Waals surface area (Å²) < 4.78 is 0. The van der Waals surface area contributed by atoms with E-state index in [0.717, 1.165) is 11.3 Å². The average Bonchev–Trinajstić information content (AvgIpc) is 2.56. The first-order chi connectivity index (χ1) is 11.1. The molecule has 2 rings (SSSR count). The van der Waals surface area contributed by atoms with E-state index in [2.05, 4.69) is 0 Å². The summed E-state index contributed by atoms with van der Waals surface area (Å²) in [6.45, 7) is 4.02. The Kier molecular flexibility index (Phi) is 6.68.